The lowest BCUT2D eigenvalue weighted by Gasteiger charge is -2.53. The van der Waals surface area contributed by atoms with Crippen molar-refractivity contribution in [1.29, 1.82) is 0 Å². The lowest BCUT2D eigenvalue weighted by Crippen LogP contribution is -2.56. The Hall–Kier alpha value is -1.59. The van der Waals surface area contributed by atoms with Crippen LogP contribution in [0.3, 0.4) is 0 Å². The van der Waals surface area contributed by atoms with E-state index in [1.807, 2.05) is 4.90 Å². The summed E-state index contributed by atoms with van der Waals surface area (Å²) in [6.07, 6.45) is 9.60. The summed E-state index contributed by atoms with van der Waals surface area (Å²) in [4.78, 5) is 17.7. The Morgan fingerprint density at radius 1 is 1.03 bits per heavy atom. The fourth-order valence-corrected chi connectivity index (χ4v) is 8.43. The number of hydrogen-bond acceptors (Lipinski definition) is 3. The van der Waals surface area contributed by atoms with Crippen molar-refractivity contribution >= 4 is 6.03 Å². The first-order chi connectivity index (χ1) is 15.2. The van der Waals surface area contributed by atoms with Crippen LogP contribution in [-0.4, -0.2) is 61.3 Å². The monoisotopic (exact) mass is 425 g/mol. The van der Waals surface area contributed by atoms with Crippen molar-refractivity contribution in [1.82, 2.24) is 15.1 Å². The highest BCUT2D eigenvalue weighted by Gasteiger charge is 2.71. The number of hydrogen-bond donors (Lipinski definition) is 1. The van der Waals surface area contributed by atoms with Crippen molar-refractivity contribution in [2.75, 3.05) is 39.4 Å². The van der Waals surface area contributed by atoms with Gasteiger partial charge in [0.2, 0.25) is 0 Å². The van der Waals surface area contributed by atoms with Gasteiger partial charge in [-0.1, -0.05) is 24.3 Å². The lowest BCUT2D eigenvalue weighted by atomic mass is 9.65. The van der Waals surface area contributed by atoms with Crippen LogP contribution in [0.4, 0.5) is 4.79 Å². The topological polar surface area (TPSA) is 44.8 Å². The number of rotatable bonds is 2. The Morgan fingerprint density at radius 3 is 2.61 bits per heavy atom. The molecule has 2 saturated heterocycles. The molecule has 2 aliphatic heterocycles. The fourth-order valence-electron chi connectivity index (χ4n) is 8.43. The molecular weight excluding hydrogens is 386 g/mol. The number of fused-ring (bicyclic) bond motifs is 2. The number of amides is 2. The summed E-state index contributed by atoms with van der Waals surface area (Å²) < 4.78 is 5.42. The largest absolute Gasteiger partial charge is 0.378 e. The number of nitrogens with one attached hydrogen (secondary N) is 1. The highest BCUT2D eigenvalue weighted by atomic mass is 16.5. The highest BCUT2D eigenvalue weighted by Crippen LogP contribution is 2.76. The van der Waals surface area contributed by atoms with E-state index in [2.05, 4.69) is 34.5 Å². The molecule has 2 heterocycles. The van der Waals surface area contributed by atoms with E-state index >= 15 is 0 Å². The summed E-state index contributed by atoms with van der Waals surface area (Å²) in [5, 5.41) is 3.39. The third-order valence-corrected chi connectivity index (χ3v) is 10.2. The summed E-state index contributed by atoms with van der Waals surface area (Å²) in [5.74, 6) is 2.12. The zero-order chi connectivity index (χ0) is 20.6. The maximum Gasteiger partial charge on any atom is 0.318 e. The van der Waals surface area contributed by atoms with Gasteiger partial charge in [-0.3, -0.25) is 0 Å². The van der Waals surface area contributed by atoms with Crippen molar-refractivity contribution in [2.45, 2.75) is 62.4 Å². The van der Waals surface area contributed by atoms with E-state index in [1.165, 1.54) is 56.3 Å². The number of ether oxygens (including phenoxy) is 1. The first-order valence-electron chi connectivity index (χ1n) is 12.7. The molecule has 3 unspecified atom stereocenters. The summed E-state index contributed by atoms with van der Waals surface area (Å²) in [7, 11) is 0. The standard InChI is InChI=1S/C26H35N3O2.2H2/c30-24(29-11-13-31-14-12-29)27-22-16-25(20-4-2-1-3-19(20)22)7-9-28(10-8-25)23-17-26-15-18(26)5-6-21(23)26;;/h1-4,18,21-23H,5-17H2,(H,27,30);2*1H/t18?,21-,22-,23?,26?;;/m0../s1. The number of piperidine rings is 1. The molecule has 5 fully saturated rings. The number of carbonyl (C=O) groups is 1. The minimum atomic E-state index is 0. The number of urea groups is 1. The molecule has 1 aromatic rings. The average molecular weight is 426 g/mol. The molecular formula is C26H39N3O2. The average Bonchev–Trinajstić information content (AvgIpc) is 3.39. The number of likely N-dealkylation sites (tertiary alicyclic amines) is 1. The van der Waals surface area contributed by atoms with Gasteiger partial charge < -0.3 is 19.9 Å². The van der Waals surface area contributed by atoms with Gasteiger partial charge in [0.05, 0.1) is 19.3 Å². The first kappa shape index (κ1) is 18.9. The van der Waals surface area contributed by atoms with Crippen molar-refractivity contribution in [2.24, 2.45) is 17.3 Å². The maximum absolute atomic E-state index is 12.9. The van der Waals surface area contributed by atoms with E-state index in [0.29, 0.717) is 26.3 Å². The van der Waals surface area contributed by atoms with Crippen LogP contribution in [0.1, 0.15) is 65.0 Å². The summed E-state index contributed by atoms with van der Waals surface area (Å²) in [6, 6.07) is 10.0. The normalized spacial score (nSPS) is 40.1. The second-order valence-electron chi connectivity index (χ2n) is 11.3. The molecule has 1 N–H and O–H groups in total. The summed E-state index contributed by atoms with van der Waals surface area (Å²) in [5.41, 5.74) is 3.93. The van der Waals surface area contributed by atoms with Gasteiger partial charge in [0.25, 0.3) is 0 Å². The molecule has 2 amide bonds. The van der Waals surface area contributed by atoms with Gasteiger partial charge in [-0.15, -0.1) is 0 Å². The SMILES string of the molecule is O=C(N[C@H]1CC2(CCN(C3CC45CC4CC[C@@H]35)CC2)c2ccccc21)N1CCOCC1.[HH].[HH]. The smallest absolute Gasteiger partial charge is 0.318 e. The molecule has 31 heavy (non-hydrogen) atoms. The molecule has 3 saturated carbocycles. The maximum atomic E-state index is 12.9. The van der Waals surface area contributed by atoms with Crippen LogP contribution < -0.4 is 5.32 Å². The van der Waals surface area contributed by atoms with Crippen LogP contribution in [0, 0.1) is 17.3 Å². The lowest BCUT2D eigenvalue weighted by molar-refractivity contribution is -0.0259. The third kappa shape index (κ3) is 2.72. The Morgan fingerprint density at radius 2 is 1.84 bits per heavy atom. The van der Waals surface area contributed by atoms with E-state index in [4.69, 9.17) is 4.74 Å². The second-order valence-corrected chi connectivity index (χ2v) is 11.3. The predicted molar refractivity (Wildman–Crippen MR) is 123 cm³/mol. The molecule has 4 aliphatic carbocycles. The van der Waals surface area contributed by atoms with Crippen LogP contribution in [0.5, 0.6) is 0 Å². The van der Waals surface area contributed by atoms with Gasteiger partial charge in [0, 0.05) is 27.4 Å². The molecule has 170 valence electrons. The highest BCUT2D eigenvalue weighted by molar-refractivity contribution is 5.75. The Labute approximate surface area is 188 Å². The molecule has 5 atom stereocenters. The Balaban J connectivity index is 0.00000114. The van der Waals surface area contributed by atoms with E-state index in [-0.39, 0.29) is 20.3 Å². The van der Waals surface area contributed by atoms with Gasteiger partial charge in [0.1, 0.15) is 0 Å². The molecule has 0 radical (unpaired) electrons. The minimum absolute atomic E-state index is 0. The molecule has 0 bridgehead atoms. The summed E-state index contributed by atoms with van der Waals surface area (Å²) >= 11 is 0. The van der Waals surface area contributed by atoms with Crippen molar-refractivity contribution in [3.8, 4) is 0 Å². The van der Waals surface area contributed by atoms with E-state index in [9.17, 15) is 4.79 Å². The summed E-state index contributed by atoms with van der Waals surface area (Å²) in [6.45, 7) is 5.18. The number of benzene rings is 1. The van der Waals surface area contributed by atoms with Crippen molar-refractivity contribution in [3.63, 3.8) is 0 Å². The van der Waals surface area contributed by atoms with Gasteiger partial charge >= 0.3 is 6.03 Å². The molecule has 5 nitrogen and oxygen atoms in total. The zero-order valence-electron chi connectivity index (χ0n) is 18.5. The second kappa shape index (κ2) is 6.71. The molecule has 7 rings (SSSR count). The van der Waals surface area contributed by atoms with Crippen LogP contribution in [0.15, 0.2) is 24.3 Å². The predicted octanol–water partition coefficient (Wildman–Crippen LogP) is 4.19. The zero-order valence-corrected chi connectivity index (χ0v) is 18.5. The molecule has 2 spiro atoms. The third-order valence-electron chi connectivity index (χ3n) is 10.2. The molecule has 6 aliphatic rings. The van der Waals surface area contributed by atoms with Gasteiger partial charge in [-0.2, -0.15) is 0 Å². The fraction of sp³-hybridized carbons (Fsp3) is 0.731. The van der Waals surface area contributed by atoms with Gasteiger partial charge in [-0.05, 0) is 86.4 Å². The van der Waals surface area contributed by atoms with Crippen molar-refractivity contribution < 1.29 is 12.4 Å². The van der Waals surface area contributed by atoms with Crippen LogP contribution in [0.2, 0.25) is 0 Å². The van der Waals surface area contributed by atoms with Crippen LogP contribution in [0.25, 0.3) is 0 Å². The van der Waals surface area contributed by atoms with E-state index in [0.717, 1.165) is 29.7 Å². The van der Waals surface area contributed by atoms with Crippen molar-refractivity contribution in [3.05, 3.63) is 35.4 Å². The van der Waals surface area contributed by atoms with E-state index in [1.54, 1.807) is 6.42 Å². The number of carbonyl (C=O) groups excluding carboxylic acids is 1. The quantitative estimate of drug-likeness (QED) is 0.773. The van der Waals surface area contributed by atoms with Crippen LogP contribution >= 0.6 is 0 Å². The Bertz CT molecular complexity index is 897. The molecule has 0 aromatic heterocycles. The number of morpholine rings is 1. The van der Waals surface area contributed by atoms with Crippen LogP contribution in [-0.2, 0) is 10.2 Å². The van der Waals surface area contributed by atoms with Gasteiger partial charge in [0.15, 0.2) is 0 Å². The first-order valence-corrected chi connectivity index (χ1v) is 12.7. The molecule has 1 aromatic carbocycles. The van der Waals surface area contributed by atoms with Gasteiger partial charge in [-0.25, -0.2) is 4.79 Å². The number of nitrogens with zero attached hydrogens (tertiary/aromatic N) is 2. The Kier molecular flexibility index (Phi) is 4.10. The molecule has 5 heteroatoms. The minimum Gasteiger partial charge on any atom is -0.378 e. The van der Waals surface area contributed by atoms with E-state index < -0.39 is 0 Å².